The summed E-state index contributed by atoms with van der Waals surface area (Å²) in [7, 11) is 0. The molecule has 0 spiro atoms. The van der Waals surface area contributed by atoms with Gasteiger partial charge in [0.05, 0.1) is 5.69 Å². The van der Waals surface area contributed by atoms with Crippen molar-refractivity contribution in [3.05, 3.63) is 21.8 Å². The Morgan fingerprint density at radius 1 is 1.58 bits per heavy atom. The van der Waals surface area contributed by atoms with Gasteiger partial charge in [0.25, 0.3) is 0 Å². The van der Waals surface area contributed by atoms with Crippen LogP contribution < -0.4 is 11.1 Å². The van der Waals surface area contributed by atoms with Crippen LogP contribution in [-0.4, -0.2) is 10.2 Å². The van der Waals surface area contributed by atoms with Gasteiger partial charge in [-0.05, 0) is 53.0 Å². The summed E-state index contributed by atoms with van der Waals surface area (Å²) >= 11 is 6.73. The average molecular weight is 294 g/mol. The first kappa shape index (κ1) is 9.53. The first-order valence-electron chi connectivity index (χ1n) is 3.14. The van der Waals surface area contributed by atoms with Gasteiger partial charge in [0.15, 0.2) is 5.11 Å². The number of aromatic hydroxyl groups is 1. The number of benzene rings is 1. The maximum absolute atomic E-state index is 9.36. The minimum absolute atomic E-state index is 0.145. The second-order valence-corrected chi connectivity index (χ2v) is 3.84. The van der Waals surface area contributed by atoms with Gasteiger partial charge in [-0.15, -0.1) is 0 Å². The highest BCUT2D eigenvalue weighted by Gasteiger charge is 2.00. The molecule has 0 aromatic heterocycles. The number of hydrogen-bond donors (Lipinski definition) is 3. The van der Waals surface area contributed by atoms with Gasteiger partial charge in [0.1, 0.15) is 5.75 Å². The fraction of sp³-hybridized carbons (Fsp3) is 0. The molecule has 0 aliphatic carbocycles. The van der Waals surface area contributed by atoms with Crippen LogP contribution in [-0.2, 0) is 0 Å². The van der Waals surface area contributed by atoms with Crippen LogP contribution in [0.1, 0.15) is 0 Å². The van der Waals surface area contributed by atoms with E-state index in [1.165, 1.54) is 0 Å². The zero-order valence-electron chi connectivity index (χ0n) is 6.04. The molecular formula is C7H7IN2OS. The van der Waals surface area contributed by atoms with E-state index in [-0.39, 0.29) is 10.9 Å². The van der Waals surface area contributed by atoms with Crippen LogP contribution in [0.25, 0.3) is 0 Å². The number of rotatable bonds is 1. The standard InChI is InChI=1S/C7H7IN2OS/c8-4-1-2-5(6(11)3-4)10-7(9)12/h1-3,11H,(H3,9,10,12). The van der Waals surface area contributed by atoms with Crippen LogP contribution in [0.4, 0.5) is 5.69 Å². The van der Waals surface area contributed by atoms with E-state index in [1.54, 1.807) is 12.1 Å². The molecule has 0 aliphatic rings. The normalized spacial score (nSPS) is 9.42. The molecule has 0 amide bonds. The first-order valence-corrected chi connectivity index (χ1v) is 4.63. The van der Waals surface area contributed by atoms with Gasteiger partial charge in [-0.1, -0.05) is 0 Å². The van der Waals surface area contributed by atoms with Crippen molar-refractivity contribution >= 4 is 45.6 Å². The molecule has 12 heavy (non-hydrogen) atoms. The van der Waals surface area contributed by atoms with E-state index in [4.69, 9.17) is 5.73 Å². The highest BCUT2D eigenvalue weighted by atomic mass is 127. The van der Waals surface area contributed by atoms with Gasteiger partial charge >= 0.3 is 0 Å². The molecule has 64 valence electrons. The number of phenols is 1. The highest BCUT2D eigenvalue weighted by molar-refractivity contribution is 14.1. The van der Waals surface area contributed by atoms with E-state index in [9.17, 15) is 5.11 Å². The van der Waals surface area contributed by atoms with Gasteiger partial charge < -0.3 is 16.2 Å². The van der Waals surface area contributed by atoms with Crippen LogP contribution in [0.3, 0.4) is 0 Å². The molecule has 0 saturated heterocycles. The molecule has 0 radical (unpaired) electrons. The molecule has 0 heterocycles. The van der Waals surface area contributed by atoms with E-state index in [0.717, 1.165) is 3.57 Å². The molecule has 4 N–H and O–H groups in total. The number of phenolic OH excluding ortho intramolecular Hbond substituents is 1. The summed E-state index contributed by atoms with van der Waals surface area (Å²) in [5.74, 6) is 0.148. The third kappa shape index (κ3) is 2.49. The van der Waals surface area contributed by atoms with Gasteiger partial charge in [0.2, 0.25) is 0 Å². The SMILES string of the molecule is NC(=S)Nc1ccc(I)cc1O. The number of halogens is 1. The zero-order valence-corrected chi connectivity index (χ0v) is 9.02. The minimum atomic E-state index is 0.145. The maximum Gasteiger partial charge on any atom is 0.168 e. The van der Waals surface area contributed by atoms with Crippen molar-refractivity contribution in [2.24, 2.45) is 5.73 Å². The number of nitrogens with two attached hydrogens (primary N) is 1. The Morgan fingerprint density at radius 2 is 2.25 bits per heavy atom. The Labute approximate surface area is 89.1 Å². The monoisotopic (exact) mass is 294 g/mol. The van der Waals surface area contributed by atoms with E-state index in [2.05, 4.69) is 40.1 Å². The Balaban J connectivity index is 2.93. The minimum Gasteiger partial charge on any atom is -0.506 e. The summed E-state index contributed by atoms with van der Waals surface area (Å²) in [6, 6.07) is 5.19. The summed E-state index contributed by atoms with van der Waals surface area (Å²) in [6.45, 7) is 0. The van der Waals surface area contributed by atoms with Gasteiger partial charge in [-0.3, -0.25) is 0 Å². The lowest BCUT2D eigenvalue weighted by Gasteiger charge is -2.05. The van der Waals surface area contributed by atoms with Crippen molar-refractivity contribution in [1.29, 1.82) is 0 Å². The van der Waals surface area contributed by atoms with Crippen molar-refractivity contribution in [3.8, 4) is 5.75 Å². The Bertz CT molecular complexity index is 316. The van der Waals surface area contributed by atoms with Crippen molar-refractivity contribution < 1.29 is 5.11 Å². The molecule has 0 saturated carbocycles. The third-order valence-electron chi connectivity index (χ3n) is 1.22. The van der Waals surface area contributed by atoms with Crippen LogP contribution in [0.2, 0.25) is 0 Å². The van der Waals surface area contributed by atoms with Crippen molar-refractivity contribution in [2.75, 3.05) is 5.32 Å². The second-order valence-electron chi connectivity index (χ2n) is 2.15. The quantitative estimate of drug-likeness (QED) is 0.419. The smallest absolute Gasteiger partial charge is 0.168 e. The lowest BCUT2D eigenvalue weighted by Crippen LogP contribution is -2.18. The third-order valence-corrected chi connectivity index (χ3v) is 1.99. The van der Waals surface area contributed by atoms with Crippen LogP contribution in [0, 0.1) is 3.57 Å². The molecule has 1 aromatic rings. The predicted molar refractivity (Wildman–Crippen MR) is 61.2 cm³/mol. The van der Waals surface area contributed by atoms with Gasteiger partial charge in [-0.25, -0.2) is 0 Å². The zero-order chi connectivity index (χ0) is 9.14. The molecule has 0 aliphatic heterocycles. The first-order chi connectivity index (χ1) is 5.59. The Kier molecular flexibility index (Phi) is 3.10. The molecule has 1 rings (SSSR count). The molecule has 5 heteroatoms. The molecular weight excluding hydrogens is 287 g/mol. The summed E-state index contributed by atoms with van der Waals surface area (Å²) in [6.07, 6.45) is 0. The second kappa shape index (κ2) is 3.90. The lowest BCUT2D eigenvalue weighted by molar-refractivity contribution is 0.477. The highest BCUT2D eigenvalue weighted by Crippen LogP contribution is 2.24. The van der Waals surface area contributed by atoms with Crippen LogP contribution in [0.15, 0.2) is 18.2 Å². The van der Waals surface area contributed by atoms with Crippen LogP contribution in [0.5, 0.6) is 5.75 Å². The fourth-order valence-electron chi connectivity index (χ4n) is 0.743. The molecule has 0 unspecified atom stereocenters. The van der Waals surface area contributed by atoms with Gasteiger partial charge in [-0.2, -0.15) is 0 Å². The number of hydrogen-bond acceptors (Lipinski definition) is 2. The topological polar surface area (TPSA) is 58.3 Å². The van der Waals surface area contributed by atoms with Gasteiger partial charge in [0, 0.05) is 3.57 Å². The lowest BCUT2D eigenvalue weighted by atomic mass is 10.3. The molecule has 0 fully saturated rings. The largest absolute Gasteiger partial charge is 0.506 e. The summed E-state index contributed by atoms with van der Waals surface area (Å²) < 4.78 is 0.957. The Hall–Kier alpha value is -0.560. The van der Waals surface area contributed by atoms with Crippen molar-refractivity contribution in [2.45, 2.75) is 0 Å². The van der Waals surface area contributed by atoms with E-state index >= 15 is 0 Å². The fourth-order valence-corrected chi connectivity index (χ4v) is 1.33. The molecule has 0 bridgehead atoms. The summed E-state index contributed by atoms with van der Waals surface area (Å²) in [5.41, 5.74) is 5.77. The molecule has 3 nitrogen and oxygen atoms in total. The van der Waals surface area contributed by atoms with E-state index in [0.29, 0.717) is 5.69 Å². The molecule has 0 atom stereocenters. The molecule has 1 aromatic carbocycles. The summed E-state index contributed by atoms with van der Waals surface area (Å²) in [5, 5.41) is 12.2. The number of thiocarbonyl (C=S) groups is 1. The number of anilines is 1. The van der Waals surface area contributed by atoms with Crippen molar-refractivity contribution in [1.82, 2.24) is 0 Å². The summed E-state index contributed by atoms with van der Waals surface area (Å²) in [4.78, 5) is 0. The van der Waals surface area contributed by atoms with Crippen molar-refractivity contribution in [3.63, 3.8) is 0 Å². The van der Waals surface area contributed by atoms with Crippen LogP contribution >= 0.6 is 34.8 Å². The average Bonchev–Trinajstić information content (AvgIpc) is 1.94. The maximum atomic E-state index is 9.36. The Morgan fingerprint density at radius 3 is 2.75 bits per heavy atom. The predicted octanol–water partition coefficient (Wildman–Crippen LogP) is 1.65. The number of nitrogens with one attached hydrogen (secondary N) is 1. The van der Waals surface area contributed by atoms with E-state index < -0.39 is 0 Å². The van der Waals surface area contributed by atoms with E-state index in [1.807, 2.05) is 6.07 Å².